The number of benzene rings is 3. The number of hydrogen-bond donors (Lipinski definition) is 1. The fourth-order valence-corrected chi connectivity index (χ4v) is 6.22. The molecule has 0 fully saturated rings. The van der Waals surface area contributed by atoms with Crippen LogP contribution in [0.25, 0.3) is 5.69 Å². The third-order valence-corrected chi connectivity index (χ3v) is 8.82. The number of rotatable bonds is 8. The van der Waals surface area contributed by atoms with Gasteiger partial charge in [-0.05, 0) is 80.9 Å². The molecule has 0 aliphatic rings. The van der Waals surface area contributed by atoms with Crippen LogP contribution in [0, 0.1) is 20.8 Å². The van der Waals surface area contributed by atoms with Gasteiger partial charge in [-0.3, -0.25) is 9.10 Å². The first-order valence-corrected chi connectivity index (χ1v) is 14.4. The summed E-state index contributed by atoms with van der Waals surface area (Å²) in [6.45, 7) is 5.09. The van der Waals surface area contributed by atoms with Gasteiger partial charge >= 0.3 is 0 Å². The maximum Gasteiger partial charge on any atom is 0.264 e. The number of halogens is 3. The fraction of sp³-hybridized carbons (Fsp3) is 0.143. The SMILES string of the molecule is Cc1cc(Cl)ccc1N(CC(=O)N/N=C/c1cc(C)n(-c2ccc(Cl)c(Cl)c2)c1C)S(=O)(=O)c1ccccc1. The fourth-order valence-electron chi connectivity index (χ4n) is 4.20. The van der Waals surface area contributed by atoms with E-state index in [9.17, 15) is 13.2 Å². The van der Waals surface area contributed by atoms with Crippen molar-refractivity contribution in [3.63, 3.8) is 0 Å². The lowest BCUT2D eigenvalue weighted by Gasteiger charge is -2.25. The second kappa shape index (κ2) is 11.8. The summed E-state index contributed by atoms with van der Waals surface area (Å²) >= 11 is 18.3. The quantitative estimate of drug-likeness (QED) is 0.180. The van der Waals surface area contributed by atoms with E-state index in [1.54, 1.807) is 55.5 Å². The van der Waals surface area contributed by atoms with E-state index in [1.807, 2.05) is 30.5 Å². The topological polar surface area (TPSA) is 83.8 Å². The maximum atomic E-state index is 13.5. The number of aryl methyl sites for hydroxylation is 2. The Kier molecular flexibility index (Phi) is 8.71. The van der Waals surface area contributed by atoms with Gasteiger partial charge in [0.25, 0.3) is 15.9 Å². The first-order valence-electron chi connectivity index (χ1n) is 11.8. The lowest BCUT2D eigenvalue weighted by atomic mass is 10.2. The van der Waals surface area contributed by atoms with Crippen molar-refractivity contribution in [3.05, 3.63) is 110 Å². The van der Waals surface area contributed by atoms with Gasteiger partial charge in [0.15, 0.2) is 0 Å². The smallest absolute Gasteiger partial charge is 0.264 e. The molecule has 1 amide bonds. The second-order valence-electron chi connectivity index (χ2n) is 8.81. The minimum Gasteiger partial charge on any atom is -0.318 e. The molecule has 0 aliphatic carbocycles. The monoisotopic (exact) mass is 602 g/mol. The predicted octanol–water partition coefficient (Wildman–Crippen LogP) is 6.71. The summed E-state index contributed by atoms with van der Waals surface area (Å²) in [4.78, 5) is 13.0. The van der Waals surface area contributed by atoms with Gasteiger partial charge in [-0.2, -0.15) is 5.10 Å². The highest BCUT2D eigenvalue weighted by atomic mass is 35.5. The third-order valence-electron chi connectivity index (χ3n) is 6.07. The molecule has 0 aliphatic heterocycles. The normalized spacial score (nSPS) is 11.6. The van der Waals surface area contributed by atoms with Gasteiger partial charge in [-0.25, -0.2) is 13.8 Å². The number of aromatic nitrogens is 1. The molecule has 4 aromatic rings. The zero-order valence-corrected chi connectivity index (χ0v) is 24.4. The van der Waals surface area contributed by atoms with E-state index in [2.05, 4.69) is 10.5 Å². The number of nitrogens with zero attached hydrogens (tertiary/aromatic N) is 3. The van der Waals surface area contributed by atoms with Crippen LogP contribution in [-0.2, 0) is 14.8 Å². The molecule has 0 atom stereocenters. The number of hydrogen-bond acceptors (Lipinski definition) is 4. The lowest BCUT2D eigenvalue weighted by Crippen LogP contribution is -2.40. The molecule has 11 heteroatoms. The van der Waals surface area contributed by atoms with Gasteiger partial charge in [0.05, 0.1) is 26.8 Å². The van der Waals surface area contributed by atoms with E-state index < -0.39 is 22.5 Å². The van der Waals surface area contributed by atoms with Crippen molar-refractivity contribution in [2.75, 3.05) is 10.8 Å². The maximum absolute atomic E-state index is 13.5. The summed E-state index contributed by atoms with van der Waals surface area (Å²) < 4.78 is 30.1. The van der Waals surface area contributed by atoms with Gasteiger partial charge in [0, 0.05) is 27.7 Å². The van der Waals surface area contributed by atoms with Crippen molar-refractivity contribution in [1.29, 1.82) is 0 Å². The number of sulfonamides is 1. The summed E-state index contributed by atoms with van der Waals surface area (Å²) in [6.07, 6.45) is 1.51. The Labute approximate surface area is 242 Å². The first kappa shape index (κ1) is 28.7. The molecule has 0 saturated carbocycles. The van der Waals surface area contributed by atoms with Gasteiger partial charge in [-0.1, -0.05) is 53.0 Å². The van der Waals surface area contributed by atoms with Crippen LogP contribution in [0.5, 0.6) is 0 Å². The molecule has 1 N–H and O–H groups in total. The largest absolute Gasteiger partial charge is 0.318 e. The molecular weight excluding hydrogens is 579 g/mol. The van der Waals surface area contributed by atoms with Gasteiger partial charge in [0.2, 0.25) is 0 Å². The summed E-state index contributed by atoms with van der Waals surface area (Å²) in [6, 6.07) is 20.0. The zero-order valence-electron chi connectivity index (χ0n) is 21.3. The summed E-state index contributed by atoms with van der Waals surface area (Å²) in [5, 5.41) is 5.45. The van der Waals surface area contributed by atoms with Crippen molar-refractivity contribution in [1.82, 2.24) is 9.99 Å². The predicted molar refractivity (Wildman–Crippen MR) is 158 cm³/mol. The Morgan fingerprint density at radius 2 is 1.67 bits per heavy atom. The highest BCUT2D eigenvalue weighted by Gasteiger charge is 2.28. The molecule has 39 heavy (non-hydrogen) atoms. The molecule has 0 spiro atoms. The van der Waals surface area contributed by atoms with E-state index in [1.165, 1.54) is 18.3 Å². The Morgan fingerprint density at radius 1 is 0.949 bits per heavy atom. The second-order valence-corrected chi connectivity index (χ2v) is 11.9. The van der Waals surface area contributed by atoms with E-state index >= 15 is 0 Å². The minimum atomic E-state index is -4.05. The molecule has 1 aromatic heterocycles. The average molecular weight is 604 g/mol. The molecule has 3 aromatic carbocycles. The number of hydrazone groups is 1. The van der Waals surface area contributed by atoms with Crippen LogP contribution in [0.3, 0.4) is 0 Å². The molecule has 1 heterocycles. The van der Waals surface area contributed by atoms with Crippen LogP contribution in [0.4, 0.5) is 5.69 Å². The Bertz CT molecular complexity index is 1670. The highest BCUT2D eigenvalue weighted by molar-refractivity contribution is 7.92. The molecule has 0 bridgehead atoms. The van der Waals surface area contributed by atoms with E-state index in [-0.39, 0.29) is 4.90 Å². The van der Waals surface area contributed by atoms with Crippen molar-refractivity contribution in [2.24, 2.45) is 5.10 Å². The standard InChI is InChI=1S/C28H25Cl3N4O3S/c1-18-13-22(29)9-12-27(18)34(39(37,38)24-7-5-4-6-8-24)17-28(36)33-32-16-21-14-19(2)35(20(21)3)23-10-11-25(30)26(31)15-23/h4-16H,17H2,1-3H3,(H,33,36)/b32-16+. The average Bonchev–Trinajstić information content (AvgIpc) is 3.17. The van der Waals surface area contributed by atoms with Crippen LogP contribution in [0.15, 0.2) is 82.8 Å². The van der Waals surface area contributed by atoms with Crippen molar-refractivity contribution in [2.45, 2.75) is 25.7 Å². The third kappa shape index (κ3) is 6.31. The molecule has 0 saturated heterocycles. The number of carbonyl (C=O) groups excluding carboxylic acids is 1. The molecule has 7 nitrogen and oxygen atoms in total. The first-order chi connectivity index (χ1) is 18.5. The summed E-state index contributed by atoms with van der Waals surface area (Å²) in [5.74, 6) is -0.613. The van der Waals surface area contributed by atoms with Crippen molar-refractivity contribution < 1.29 is 13.2 Å². The summed E-state index contributed by atoms with van der Waals surface area (Å²) in [7, 11) is -4.05. The van der Waals surface area contributed by atoms with Gasteiger partial charge in [-0.15, -0.1) is 0 Å². The van der Waals surface area contributed by atoms with E-state index in [4.69, 9.17) is 34.8 Å². The Hall–Kier alpha value is -3.30. The van der Waals surface area contributed by atoms with Crippen molar-refractivity contribution >= 4 is 62.6 Å². The van der Waals surface area contributed by atoms with E-state index in [0.717, 1.165) is 26.9 Å². The summed E-state index contributed by atoms with van der Waals surface area (Å²) in [5.41, 5.74) is 6.79. The van der Waals surface area contributed by atoms with Gasteiger partial charge in [0.1, 0.15) is 6.54 Å². The molecular formula is C28H25Cl3N4O3S. The zero-order chi connectivity index (χ0) is 28.3. The Morgan fingerprint density at radius 3 is 2.33 bits per heavy atom. The lowest BCUT2D eigenvalue weighted by molar-refractivity contribution is -0.119. The Balaban J connectivity index is 1.57. The highest BCUT2D eigenvalue weighted by Crippen LogP contribution is 2.29. The number of anilines is 1. The van der Waals surface area contributed by atoms with Crippen LogP contribution in [0.2, 0.25) is 15.1 Å². The number of carbonyl (C=O) groups is 1. The molecule has 0 unspecified atom stereocenters. The molecule has 0 radical (unpaired) electrons. The number of amides is 1. The van der Waals surface area contributed by atoms with Gasteiger partial charge < -0.3 is 4.57 Å². The number of nitrogens with one attached hydrogen (secondary N) is 1. The van der Waals surface area contributed by atoms with Crippen LogP contribution >= 0.6 is 34.8 Å². The van der Waals surface area contributed by atoms with Crippen molar-refractivity contribution in [3.8, 4) is 5.69 Å². The minimum absolute atomic E-state index is 0.0605. The van der Waals surface area contributed by atoms with E-state index in [0.29, 0.717) is 26.3 Å². The van der Waals surface area contributed by atoms with Crippen LogP contribution < -0.4 is 9.73 Å². The van der Waals surface area contributed by atoms with Crippen LogP contribution in [0.1, 0.15) is 22.5 Å². The van der Waals surface area contributed by atoms with Crippen LogP contribution in [-0.4, -0.2) is 31.7 Å². The molecule has 4 rings (SSSR count). The molecule has 202 valence electrons.